The first-order chi connectivity index (χ1) is 14.3. The number of carbonyl (C=O) groups is 1. The third-order valence-corrected chi connectivity index (χ3v) is 6.06. The molecule has 7 heteroatoms. The number of carbonyl (C=O) groups excluding carboxylic acids is 1. The quantitative estimate of drug-likeness (QED) is 0.698. The average molecular weight is 390 g/mol. The summed E-state index contributed by atoms with van der Waals surface area (Å²) in [7, 11) is 0. The fraction of sp³-hybridized carbons (Fsp3) is 0.455. The zero-order valence-corrected chi connectivity index (χ0v) is 16.5. The Labute approximate surface area is 169 Å². The summed E-state index contributed by atoms with van der Waals surface area (Å²) in [5.74, 6) is 0.349. The lowest BCUT2D eigenvalue weighted by atomic mass is 9.90. The molecule has 0 radical (unpaired) electrons. The van der Waals surface area contributed by atoms with Crippen LogP contribution in [-0.2, 0) is 19.4 Å². The van der Waals surface area contributed by atoms with Crippen LogP contribution in [0.2, 0.25) is 0 Å². The number of hydrogen-bond donors (Lipinski definition) is 2. The number of nitrogens with zero attached hydrogens (tertiary/aromatic N) is 4. The van der Waals surface area contributed by atoms with Crippen molar-refractivity contribution in [3.8, 4) is 0 Å². The van der Waals surface area contributed by atoms with Crippen LogP contribution in [0.15, 0.2) is 30.6 Å². The molecular formula is C22H26N6O. The van der Waals surface area contributed by atoms with E-state index in [0.29, 0.717) is 19.0 Å². The predicted octanol–water partition coefficient (Wildman–Crippen LogP) is 2.21. The van der Waals surface area contributed by atoms with E-state index in [4.69, 9.17) is 5.10 Å². The molecule has 1 aromatic carbocycles. The maximum Gasteiger partial charge on any atom is 0.251 e. The zero-order valence-electron chi connectivity index (χ0n) is 16.5. The Kier molecular flexibility index (Phi) is 4.97. The number of aromatic nitrogens is 4. The van der Waals surface area contributed by atoms with Gasteiger partial charge in [-0.25, -0.2) is 14.6 Å². The molecule has 2 aliphatic rings. The van der Waals surface area contributed by atoms with E-state index in [1.165, 1.54) is 24.0 Å². The van der Waals surface area contributed by atoms with Crippen LogP contribution >= 0.6 is 0 Å². The summed E-state index contributed by atoms with van der Waals surface area (Å²) in [6, 6.07) is 6.12. The summed E-state index contributed by atoms with van der Waals surface area (Å²) < 4.78 is 1.88. The molecule has 1 aliphatic heterocycles. The summed E-state index contributed by atoms with van der Waals surface area (Å²) >= 11 is 0. The predicted molar refractivity (Wildman–Crippen MR) is 111 cm³/mol. The van der Waals surface area contributed by atoms with Gasteiger partial charge in [-0.05, 0) is 61.9 Å². The molecule has 3 heterocycles. The molecule has 0 saturated carbocycles. The van der Waals surface area contributed by atoms with Gasteiger partial charge in [0.1, 0.15) is 5.52 Å². The first-order valence-corrected chi connectivity index (χ1v) is 10.6. The molecule has 1 amide bonds. The standard InChI is InChI=1S/C22H26N6O/c29-22(17-6-5-15-3-1-2-4-16(15)13-17)26-11-12-28-21-20(24-9-10-25-21)19(27-28)18-7-8-23-14-18/h5-6,9-10,13,18,23H,1-4,7-8,11-12,14H2,(H,26,29)/t18-/m1/s1. The molecule has 29 heavy (non-hydrogen) atoms. The number of fused-ring (bicyclic) bond motifs is 2. The first-order valence-electron chi connectivity index (χ1n) is 10.6. The average Bonchev–Trinajstić information content (AvgIpc) is 3.42. The van der Waals surface area contributed by atoms with Crippen molar-refractivity contribution in [2.75, 3.05) is 19.6 Å². The van der Waals surface area contributed by atoms with Gasteiger partial charge in [0.25, 0.3) is 5.91 Å². The fourth-order valence-electron chi connectivity index (χ4n) is 4.50. The van der Waals surface area contributed by atoms with Crippen molar-refractivity contribution in [1.29, 1.82) is 0 Å². The summed E-state index contributed by atoms with van der Waals surface area (Å²) in [6.45, 7) is 3.02. The Hall–Kier alpha value is -2.80. The SMILES string of the molecule is O=C(NCCn1nc([C@@H]2CCNC2)c2nccnc21)c1ccc2c(c1)CCCC2. The molecule has 3 aromatic rings. The van der Waals surface area contributed by atoms with Crippen molar-refractivity contribution >= 4 is 17.1 Å². The largest absolute Gasteiger partial charge is 0.350 e. The number of benzene rings is 1. The van der Waals surface area contributed by atoms with Gasteiger partial charge >= 0.3 is 0 Å². The van der Waals surface area contributed by atoms with Gasteiger partial charge in [0.05, 0.1) is 12.2 Å². The Morgan fingerprint density at radius 3 is 2.90 bits per heavy atom. The van der Waals surface area contributed by atoms with Crippen LogP contribution in [0.25, 0.3) is 11.2 Å². The normalized spacial score (nSPS) is 18.7. The Balaban J connectivity index is 1.28. The Morgan fingerprint density at radius 1 is 1.17 bits per heavy atom. The molecule has 1 aliphatic carbocycles. The molecule has 0 unspecified atom stereocenters. The van der Waals surface area contributed by atoms with Crippen LogP contribution in [-0.4, -0.2) is 45.3 Å². The Bertz CT molecular complexity index is 1040. The van der Waals surface area contributed by atoms with Crippen LogP contribution in [0.5, 0.6) is 0 Å². The molecule has 1 fully saturated rings. The third kappa shape index (κ3) is 3.62. The van der Waals surface area contributed by atoms with E-state index in [-0.39, 0.29) is 5.91 Å². The monoisotopic (exact) mass is 390 g/mol. The van der Waals surface area contributed by atoms with Crippen LogP contribution < -0.4 is 10.6 Å². The maximum atomic E-state index is 12.6. The topological polar surface area (TPSA) is 84.7 Å². The van der Waals surface area contributed by atoms with Crippen LogP contribution in [0.1, 0.15) is 52.4 Å². The van der Waals surface area contributed by atoms with Gasteiger partial charge in [0.2, 0.25) is 0 Å². The van der Waals surface area contributed by atoms with Gasteiger partial charge in [-0.1, -0.05) is 6.07 Å². The van der Waals surface area contributed by atoms with Crippen molar-refractivity contribution in [2.45, 2.75) is 44.6 Å². The van der Waals surface area contributed by atoms with Gasteiger partial charge in [0, 0.05) is 37.0 Å². The van der Waals surface area contributed by atoms with Crippen LogP contribution in [0.3, 0.4) is 0 Å². The highest BCUT2D eigenvalue weighted by molar-refractivity contribution is 5.94. The second kappa shape index (κ2) is 7.91. The number of hydrogen-bond acceptors (Lipinski definition) is 5. The number of aryl methyl sites for hydroxylation is 2. The van der Waals surface area contributed by atoms with Gasteiger partial charge in [0.15, 0.2) is 5.65 Å². The fourth-order valence-corrected chi connectivity index (χ4v) is 4.50. The summed E-state index contributed by atoms with van der Waals surface area (Å²) in [5, 5.41) is 11.2. The smallest absolute Gasteiger partial charge is 0.251 e. The Morgan fingerprint density at radius 2 is 2.03 bits per heavy atom. The molecule has 1 saturated heterocycles. The lowest BCUT2D eigenvalue weighted by Crippen LogP contribution is -2.28. The maximum absolute atomic E-state index is 12.6. The molecule has 150 valence electrons. The zero-order chi connectivity index (χ0) is 19.6. The van der Waals surface area contributed by atoms with Crippen molar-refractivity contribution in [1.82, 2.24) is 30.4 Å². The van der Waals surface area contributed by atoms with Crippen molar-refractivity contribution in [3.05, 3.63) is 53.0 Å². The third-order valence-electron chi connectivity index (χ3n) is 6.06. The lowest BCUT2D eigenvalue weighted by molar-refractivity contribution is 0.0952. The van der Waals surface area contributed by atoms with E-state index < -0.39 is 0 Å². The van der Waals surface area contributed by atoms with E-state index in [0.717, 1.165) is 54.8 Å². The number of rotatable bonds is 5. The van der Waals surface area contributed by atoms with E-state index in [9.17, 15) is 4.79 Å². The van der Waals surface area contributed by atoms with Crippen molar-refractivity contribution in [3.63, 3.8) is 0 Å². The second-order valence-electron chi connectivity index (χ2n) is 7.97. The molecule has 0 spiro atoms. The first kappa shape index (κ1) is 18.2. The van der Waals surface area contributed by atoms with Crippen LogP contribution in [0.4, 0.5) is 0 Å². The highest BCUT2D eigenvalue weighted by Crippen LogP contribution is 2.26. The highest BCUT2D eigenvalue weighted by atomic mass is 16.1. The number of amides is 1. The minimum atomic E-state index is -0.0267. The molecular weight excluding hydrogens is 364 g/mol. The lowest BCUT2D eigenvalue weighted by Gasteiger charge is -2.16. The van der Waals surface area contributed by atoms with Gasteiger partial charge in [-0.3, -0.25) is 4.79 Å². The number of nitrogens with one attached hydrogen (secondary N) is 2. The summed E-state index contributed by atoms with van der Waals surface area (Å²) in [6.07, 6.45) is 9.15. The summed E-state index contributed by atoms with van der Waals surface area (Å²) in [4.78, 5) is 21.6. The summed E-state index contributed by atoms with van der Waals surface area (Å²) in [5.41, 5.74) is 6.14. The minimum Gasteiger partial charge on any atom is -0.350 e. The molecule has 2 N–H and O–H groups in total. The van der Waals surface area contributed by atoms with Gasteiger partial charge < -0.3 is 10.6 Å². The van der Waals surface area contributed by atoms with E-state index in [1.54, 1.807) is 12.4 Å². The molecule has 0 bridgehead atoms. The molecule has 7 nitrogen and oxygen atoms in total. The van der Waals surface area contributed by atoms with E-state index >= 15 is 0 Å². The van der Waals surface area contributed by atoms with Crippen LogP contribution in [0, 0.1) is 0 Å². The second-order valence-corrected chi connectivity index (χ2v) is 7.97. The minimum absolute atomic E-state index is 0.0267. The van der Waals surface area contributed by atoms with Crippen molar-refractivity contribution in [2.24, 2.45) is 0 Å². The molecule has 2 aromatic heterocycles. The van der Waals surface area contributed by atoms with Gasteiger partial charge in [-0.2, -0.15) is 5.10 Å². The molecule has 1 atom stereocenters. The van der Waals surface area contributed by atoms with E-state index in [1.807, 2.05) is 10.7 Å². The highest BCUT2D eigenvalue weighted by Gasteiger charge is 2.24. The molecule has 5 rings (SSSR count). The van der Waals surface area contributed by atoms with Crippen molar-refractivity contribution < 1.29 is 4.79 Å². The van der Waals surface area contributed by atoms with E-state index in [2.05, 4.69) is 32.7 Å². The van der Waals surface area contributed by atoms with Gasteiger partial charge in [-0.15, -0.1) is 0 Å².